The quantitative estimate of drug-likeness (QED) is 0.796. The lowest BCUT2D eigenvalue weighted by Gasteiger charge is -2.37. The van der Waals surface area contributed by atoms with Gasteiger partial charge >= 0.3 is 0 Å². The zero-order valence-electron chi connectivity index (χ0n) is 13.9. The zero-order valence-corrected chi connectivity index (χ0v) is 13.9. The Morgan fingerprint density at radius 3 is 2.50 bits per heavy atom. The molecule has 0 radical (unpaired) electrons. The van der Waals surface area contributed by atoms with Crippen molar-refractivity contribution in [2.75, 3.05) is 13.2 Å². The van der Waals surface area contributed by atoms with Gasteiger partial charge in [0.15, 0.2) is 0 Å². The molecule has 0 fully saturated rings. The maximum absolute atomic E-state index is 6.05. The van der Waals surface area contributed by atoms with Gasteiger partial charge in [-0.25, -0.2) is 0 Å². The monoisotopic (exact) mass is 281 g/mol. The number of hydrogen-bond acceptors (Lipinski definition) is 3. The summed E-state index contributed by atoms with van der Waals surface area (Å²) in [4.78, 5) is 0. The van der Waals surface area contributed by atoms with Gasteiger partial charge in [0.2, 0.25) is 0 Å². The largest absolute Gasteiger partial charge is 0.376 e. The molecule has 4 nitrogen and oxygen atoms in total. The van der Waals surface area contributed by atoms with E-state index in [4.69, 9.17) is 4.74 Å². The van der Waals surface area contributed by atoms with Gasteiger partial charge in [-0.3, -0.25) is 4.68 Å². The van der Waals surface area contributed by atoms with E-state index in [1.165, 1.54) is 0 Å². The first-order chi connectivity index (χ1) is 9.38. The highest BCUT2D eigenvalue weighted by molar-refractivity contribution is 5.04. The van der Waals surface area contributed by atoms with Crippen molar-refractivity contribution in [3.05, 3.63) is 18.0 Å². The fourth-order valence-electron chi connectivity index (χ4n) is 2.56. The number of aryl methyl sites for hydroxylation is 1. The van der Waals surface area contributed by atoms with Crippen LogP contribution >= 0.6 is 0 Å². The van der Waals surface area contributed by atoms with Crippen molar-refractivity contribution in [2.45, 2.75) is 59.6 Å². The van der Waals surface area contributed by atoms with Gasteiger partial charge in [0.25, 0.3) is 0 Å². The van der Waals surface area contributed by atoms with Gasteiger partial charge in [0.1, 0.15) is 0 Å². The third-order valence-corrected chi connectivity index (χ3v) is 3.42. The standard InChI is InChI=1S/C16H31N3O/c1-7-10-17-14(12-13-9-11-19(6)18-13)15(20-8-2)16(3,4)5/h9,11,14-15,17H,7-8,10,12H2,1-6H3. The Morgan fingerprint density at radius 2 is 2.05 bits per heavy atom. The van der Waals surface area contributed by atoms with Crippen LogP contribution in [0.15, 0.2) is 12.3 Å². The van der Waals surface area contributed by atoms with Crippen LogP contribution in [0.1, 0.15) is 46.7 Å². The molecular weight excluding hydrogens is 250 g/mol. The Balaban J connectivity index is 2.84. The number of ether oxygens (including phenoxy) is 1. The van der Waals surface area contributed by atoms with E-state index in [1.807, 2.05) is 17.9 Å². The van der Waals surface area contributed by atoms with Crippen LogP contribution in [0.5, 0.6) is 0 Å². The summed E-state index contributed by atoms with van der Waals surface area (Å²) in [6.45, 7) is 12.7. The smallest absolute Gasteiger partial charge is 0.0779 e. The summed E-state index contributed by atoms with van der Waals surface area (Å²) in [5, 5.41) is 8.15. The van der Waals surface area contributed by atoms with E-state index in [0.29, 0.717) is 6.04 Å². The lowest BCUT2D eigenvalue weighted by atomic mass is 9.83. The van der Waals surface area contributed by atoms with Crippen LogP contribution < -0.4 is 5.32 Å². The van der Waals surface area contributed by atoms with E-state index >= 15 is 0 Å². The molecule has 116 valence electrons. The van der Waals surface area contributed by atoms with Crippen molar-refractivity contribution in [2.24, 2.45) is 12.5 Å². The number of nitrogens with one attached hydrogen (secondary N) is 1. The van der Waals surface area contributed by atoms with Crippen molar-refractivity contribution in [3.63, 3.8) is 0 Å². The van der Waals surface area contributed by atoms with E-state index in [-0.39, 0.29) is 11.5 Å². The molecule has 0 aliphatic carbocycles. The molecule has 1 rings (SSSR count). The van der Waals surface area contributed by atoms with Crippen LogP contribution in [0.3, 0.4) is 0 Å². The van der Waals surface area contributed by atoms with Gasteiger partial charge in [0.05, 0.1) is 11.8 Å². The van der Waals surface area contributed by atoms with Gasteiger partial charge in [-0.05, 0) is 31.4 Å². The van der Waals surface area contributed by atoms with Gasteiger partial charge in [-0.1, -0.05) is 27.7 Å². The van der Waals surface area contributed by atoms with Crippen LogP contribution in [-0.4, -0.2) is 35.1 Å². The van der Waals surface area contributed by atoms with E-state index < -0.39 is 0 Å². The van der Waals surface area contributed by atoms with Crippen molar-refractivity contribution in [3.8, 4) is 0 Å². The number of aromatic nitrogens is 2. The Morgan fingerprint density at radius 1 is 1.35 bits per heavy atom. The Bertz CT molecular complexity index is 381. The molecule has 0 spiro atoms. The van der Waals surface area contributed by atoms with E-state index in [9.17, 15) is 0 Å². The lowest BCUT2D eigenvalue weighted by Crippen LogP contribution is -2.49. The summed E-state index contributed by atoms with van der Waals surface area (Å²) >= 11 is 0. The maximum Gasteiger partial charge on any atom is 0.0779 e. The Kier molecular flexibility index (Phi) is 6.69. The summed E-state index contributed by atoms with van der Waals surface area (Å²) in [6.07, 6.45) is 4.21. The summed E-state index contributed by atoms with van der Waals surface area (Å²) in [7, 11) is 1.96. The molecule has 0 bridgehead atoms. The highest BCUT2D eigenvalue weighted by Gasteiger charge is 2.33. The highest BCUT2D eigenvalue weighted by atomic mass is 16.5. The first kappa shape index (κ1) is 17.2. The van der Waals surface area contributed by atoms with E-state index in [0.717, 1.165) is 31.7 Å². The molecule has 0 aromatic carbocycles. The molecule has 1 aromatic rings. The SMILES string of the molecule is CCCNC(Cc1ccn(C)n1)C(OCC)C(C)(C)C. The Hall–Kier alpha value is -0.870. The summed E-state index contributed by atoms with van der Waals surface area (Å²) < 4.78 is 7.91. The molecule has 1 N–H and O–H groups in total. The number of hydrogen-bond donors (Lipinski definition) is 1. The third kappa shape index (κ3) is 5.25. The molecule has 0 saturated carbocycles. The van der Waals surface area contributed by atoms with Crippen molar-refractivity contribution in [1.82, 2.24) is 15.1 Å². The van der Waals surface area contributed by atoms with Crippen LogP contribution in [0, 0.1) is 5.41 Å². The van der Waals surface area contributed by atoms with Crippen LogP contribution in [-0.2, 0) is 18.2 Å². The van der Waals surface area contributed by atoms with E-state index in [1.54, 1.807) is 0 Å². The minimum Gasteiger partial charge on any atom is -0.376 e. The molecule has 0 aliphatic heterocycles. The normalized spacial score (nSPS) is 15.3. The molecule has 1 aromatic heterocycles. The van der Waals surface area contributed by atoms with Gasteiger partial charge in [0, 0.05) is 32.3 Å². The second-order valence-electron chi connectivity index (χ2n) is 6.49. The predicted octanol–water partition coefficient (Wildman–Crippen LogP) is 2.78. The lowest BCUT2D eigenvalue weighted by molar-refractivity contribution is -0.0357. The molecule has 0 saturated heterocycles. The molecule has 20 heavy (non-hydrogen) atoms. The third-order valence-electron chi connectivity index (χ3n) is 3.42. The molecular formula is C16H31N3O. The topological polar surface area (TPSA) is 39.1 Å². The average molecular weight is 281 g/mol. The molecule has 0 aliphatic rings. The van der Waals surface area contributed by atoms with Crippen LogP contribution in [0.2, 0.25) is 0 Å². The van der Waals surface area contributed by atoms with Crippen molar-refractivity contribution < 1.29 is 4.74 Å². The van der Waals surface area contributed by atoms with Crippen molar-refractivity contribution in [1.29, 1.82) is 0 Å². The average Bonchev–Trinajstić information content (AvgIpc) is 2.76. The second kappa shape index (κ2) is 7.79. The molecule has 2 atom stereocenters. The van der Waals surface area contributed by atoms with Gasteiger partial charge < -0.3 is 10.1 Å². The summed E-state index contributed by atoms with van der Waals surface area (Å²) in [5.74, 6) is 0. The second-order valence-corrected chi connectivity index (χ2v) is 6.49. The molecule has 4 heteroatoms. The van der Waals surface area contributed by atoms with Crippen LogP contribution in [0.4, 0.5) is 0 Å². The van der Waals surface area contributed by atoms with Crippen LogP contribution in [0.25, 0.3) is 0 Å². The first-order valence-electron chi connectivity index (χ1n) is 7.72. The fraction of sp³-hybridized carbons (Fsp3) is 0.812. The van der Waals surface area contributed by atoms with Crippen molar-refractivity contribution >= 4 is 0 Å². The molecule has 0 amide bonds. The molecule has 2 unspecified atom stereocenters. The Labute approximate surface area is 123 Å². The van der Waals surface area contributed by atoms with E-state index in [2.05, 4.69) is 51.1 Å². The number of nitrogens with zero attached hydrogens (tertiary/aromatic N) is 2. The minimum absolute atomic E-state index is 0.107. The maximum atomic E-state index is 6.05. The highest BCUT2D eigenvalue weighted by Crippen LogP contribution is 2.26. The zero-order chi connectivity index (χ0) is 15.2. The number of rotatable bonds is 8. The summed E-state index contributed by atoms with van der Waals surface area (Å²) in [6, 6.07) is 2.39. The predicted molar refractivity (Wildman–Crippen MR) is 83.9 cm³/mol. The first-order valence-corrected chi connectivity index (χ1v) is 7.72. The van der Waals surface area contributed by atoms with Gasteiger partial charge in [-0.15, -0.1) is 0 Å². The fourth-order valence-corrected chi connectivity index (χ4v) is 2.56. The molecule has 1 heterocycles. The minimum atomic E-state index is 0.107. The van der Waals surface area contributed by atoms with Gasteiger partial charge in [-0.2, -0.15) is 5.10 Å². The summed E-state index contributed by atoms with van der Waals surface area (Å²) in [5.41, 5.74) is 1.23.